The zero-order valence-electron chi connectivity index (χ0n) is 12.2. The van der Waals surface area contributed by atoms with Gasteiger partial charge in [-0.2, -0.15) is 0 Å². The van der Waals surface area contributed by atoms with Gasteiger partial charge in [0.15, 0.2) is 0 Å². The Balaban J connectivity index is 2.64. The number of para-hydroxylation sites is 1. The molecule has 1 aromatic rings. The maximum Gasteiger partial charge on any atom is 0.323 e. The Kier molecular flexibility index (Phi) is 5.36. The average Bonchev–Trinajstić information content (AvgIpc) is 2.36. The van der Waals surface area contributed by atoms with E-state index in [0.717, 1.165) is 5.69 Å². The van der Waals surface area contributed by atoms with Crippen LogP contribution in [0.25, 0.3) is 0 Å². The molecule has 0 aliphatic rings. The molecule has 0 spiro atoms. The van der Waals surface area contributed by atoms with E-state index in [9.17, 15) is 9.90 Å². The molecule has 0 aliphatic heterocycles. The minimum absolute atomic E-state index is 0.142. The Morgan fingerprint density at radius 1 is 1.37 bits per heavy atom. The quantitative estimate of drug-likeness (QED) is 0.794. The van der Waals surface area contributed by atoms with Crippen molar-refractivity contribution in [1.82, 2.24) is 5.32 Å². The summed E-state index contributed by atoms with van der Waals surface area (Å²) in [6.45, 7) is 6.35. The largest absolute Gasteiger partial charge is 0.480 e. The maximum atomic E-state index is 11.4. The molecule has 4 nitrogen and oxygen atoms in total. The molecule has 0 saturated heterocycles. The molecular formula is C15H24N2O2. The van der Waals surface area contributed by atoms with E-state index >= 15 is 0 Å². The molecule has 4 heteroatoms. The second-order valence-electron chi connectivity index (χ2n) is 5.44. The number of anilines is 1. The monoisotopic (exact) mass is 264 g/mol. The van der Waals surface area contributed by atoms with Gasteiger partial charge in [0.2, 0.25) is 0 Å². The number of nitrogens with one attached hydrogen (secondary N) is 1. The van der Waals surface area contributed by atoms with Crippen molar-refractivity contribution in [1.29, 1.82) is 0 Å². The zero-order valence-corrected chi connectivity index (χ0v) is 12.2. The molecule has 0 bridgehead atoms. The van der Waals surface area contributed by atoms with E-state index < -0.39 is 11.5 Å². The van der Waals surface area contributed by atoms with Gasteiger partial charge in [-0.3, -0.25) is 10.1 Å². The van der Waals surface area contributed by atoms with Gasteiger partial charge in [0.1, 0.15) is 5.54 Å². The predicted octanol–water partition coefficient (Wildman–Crippen LogP) is 2.35. The van der Waals surface area contributed by atoms with E-state index in [0.29, 0.717) is 13.0 Å². The SMILES string of the molecule is CC(C)NC(C)(CCN(C)c1ccccc1)C(=O)O. The third-order valence-electron chi connectivity index (χ3n) is 3.22. The minimum Gasteiger partial charge on any atom is -0.480 e. The van der Waals surface area contributed by atoms with E-state index in [4.69, 9.17) is 0 Å². The van der Waals surface area contributed by atoms with Gasteiger partial charge in [-0.05, 0) is 39.3 Å². The molecular weight excluding hydrogens is 240 g/mol. The van der Waals surface area contributed by atoms with Crippen LogP contribution in [0.15, 0.2) is 30.3 Å². The number of aliphatic carboxylic acids is 1. The third-order valence-corrected chi connectivity index (χ3v) is 3.22. The van der Waals surface area contributed by atoms with Crippen molar-refractivity contribution < 1.29 is 9.90 Å². The lowest BCUT2D eigenvalue weighted by molar-refractivity contribution is -0.144. The highest BCUT2D eigenvalue weighted by molar-refractivity contribution is 5.78. The smallest absolute Gasteiger partial charge is 0.323 e. The summed E-state index contributed by atoms with van der Waals surface area (Å²) in [7, 11) is 1.98. The molecule has 1 aromatic carbocycles. The van der Waals surface area contributed by atoms with Crippen molar-refractivity contribution in [3.8, 4) is 0 Å². The Morgan fingerprint density at radius 2 is 1.95 bits per heavy atom. The molecule has 0 heterocycles. The molecule has 1 atom stereocenters. The van der Waals surface area contributed by atoms with E-state index in [1.54, 1.807) is 6.92 Å². The first-order chi connectivity index (χ1) is 8.85. The fourth-order valence-corrected chi connectivity index (χ4v) is 2.08. The molecule has 106 valence electrons. The van der Waals surface area contributed by atoms with E-state index in [1.807, 2.05) is 51.2 Å². The molecule has 1 unspecified atom stereocenters. The first kappa shape index (κ1) is 15.5. The van der Waals surface area contributed by atoms with E-state index in [2.05, 4.69) is 10.2 Å². The van der Waals surface area contributed by atoms with Crippen molar-refractivity contribution >= 4 is 11.7 Å². The lowest BCUT2D eigenvalue weighted by Gasteiger charge is -2.31. The van der Waals surface area contributed by atoms with Gasteiger partial charge in [0.25, 0.3) is 0 Å². The first-order valence-corrected chi connectivity index (χ1v) is 6.62. The molecule has 0 saturated carbocycles. The first-order valence-electron chi connectivity index (χ1n) is 6.62. The normalized spacial score (nSPS) is 14.2. The van der Waals surface area contributed by atoms with Gasteiger partial charge in [-0.15, -0.1) is 0 Å². The number of hydrogen-bond acceptors (Lipinski definition) is 3. The summed E-state index contributed by atoms with van der Waals surface area (Å²) in [6.07, 6.45) is 0.548. The van der Waals surface area contributed by atoms with Gasteiger partial charge >= 0.3 is 5.97 Å². The highest BCUT2D eigenvalue weighted by atomic mass is 16.4. The van der Waals surface area contributed by atoms with Crippen LogP contribution < -0.4 is 10.2 Å². The maximum absolute atomic E-state index is 11.4. The van der Waals surface area contributed by atoms with Crippen LogP contribution in [-0.4, -0.2) is 36.2 Å². The van der Waals surface area contributed by atoms with Crippen LogP contribution in [0.5, 0.6) is 0 Å². The van der Waals surface area contributed by atoms with Gasteiger partial charge in [-0.25, -0.2) is 0 Å². The summed E-state index contributed by atoms with van der Waals surface area (Å²) >= 11 is 0. The summed E-state index contributed by atoms with van der Waals surface area (Å²) in [5, 5.41) is 12.5. The van der Waals surface area contributed by atoms with Crippen LogP contribution >= 0.6 is 0 Å². The van der Waals surface area contributed by atoms with E-state index in [1.165, 1.54) is 0 Å². The van der Waals surface area contributed by atoms with Crippen LogP contribution in [0.2, 0.25) is 0 Å². The summed E-state index contributed by atoms with van der Waals surface area (Å²) in [4.78, 5) is 13.5. The number of rotatable bonds is 7. The lowest BCUT2D eigenvalue weighted by Crippen LogP contribution is -2.53. The Bertz CT molecular complexity index is 406. The number of benzene rings is 1. The molecule has 0 radical (unpaired) electrons. The number of carboxylic acids is 1. The molecule has 0 amide bonds. The lowest BCUT2D eigenvalue weighted by atomic mass is 9.96. The fraction of sp³-hybridized carbons (Fsp3) is 0.533. The molecule has 0 aromatic heterocycles. The third kappa shape index (κ3) is 4.56. The van der Waals surface area contributed by atoms with Crippen molar-refractivity contribution in [2.75, 3.05) is 18.5 Å². The molecule has 0 aliphatic carbocycles. The number of nitrogens with zero attached hydrogens (tertiary/aromatic N) is 1. The summed E-state index contributed by atoms with van der Waals surface area (Å²) in [5.74, 6) is -0.803. The zero-order chi connectivity index (χ0) is 14.5. The molecule has 1 rings (SSSR count). The van der Waals surface area contributed by atoms with Crippen molar-refractivity contribution in [2.24, 2.45) is 0 Å². The minimum atomic E-state index is -0.892. The van der Waals surface area contributed by atoms with Gasteiger partial charge in [0, 0.05) is 25.3 Å². The van der Waals surface area contributed by atoms with Gasteiger partial charge in [-0.1, -0.05) is 18.2 Å². The van der Waals surface area contributed by atoms with Crippen LogP contribution in [0.4, 0.5) is 5.69 Å². The molecule has 2 N–H and O–H groups in total. The average molecular weight is 264 g/mol. The topological polar surface area (TPSA) is 52.6 Å². The standard InChI is InChI=1S/C15H24N2O2/c1-12(2)16-15(3,14(18)19)10-11-17(4)13-8-6-5-7-9-13/h5-9,12,16H,10-11H2,1-4H3,(H,18,19). The molecule has 19 heavy (non-hydrogen) atoms. The van der Waals surface area contributed by atoms with Crippen molar-refractivity contribution in [3.05, 3.63) is 30.3 Å². The van der Waals surface area contributed by atoms with Crippen LogP contribution in [0, 0.1) is 0 Å². The number of carbonyl (C=O) groups is 1. The number of hydrogen-bond donors (Lipinski definition) is 2. The summed E-state index contributed by atoms with van der Waals surface area (Å²) in [5.41, 5.74) is 0.205. The Labute approximate surface area is 115 Å². The van der Waals surface area contributed by atoms with Crippen molar-refractivity contribution in [2.45, 2.75) is 38.8 Å². The van der Waals surface area contributed by atoms with Crippen LogP contribution in [0.3, 0.4) is 0 Å². The molecule has 0 fully saturated rings. The Morgan fingerprint density at radius 3 is 2.42 bits per heavy atom. The van der Waals surface area contributed by atoms with Gasteiger partial charge in [0.05, 0.1) is 0 Å². The summed E-state index contributed by atoms with van der Waals surface area (Å²) in [6, 6.07) is 10.1. The number of carboxylic acid groups (broad SMARTS) is 1. The summed E-state index contributed by atoms with van der Waals surface area (Å²) < 4.78 is 0. The second kappa shape index (κ2) is 6.57. The highest BCUT2D eigenvalue weighted by Crippen LogP contribution is 2.16. The highest BCUT2D eigenvalue weighted by Gasteiger charge is 2.33. The van der Waals surface area contributed by atoms with Crippen molar-refractivity contribution in [3.63, 3.8) is 0 Å². The predicted molar refractivity (Wildman–Crippen MR) is 78.6 cm³/mol. The Hall–Kier alpha value is -1.55. The fourth-order valence-electron chi connectivity index (χ4n) is 2.08. The van der Waals surface area contributed by atoms with E-state index in [-0.39, 0.29) is 6.04 Å². The second-order valence-corrected chi connectivity index (χ2v) is 5.44. The van der Waals surface area contributed by atoms with Crippen LogP contribution in [0.1, 0.15) is 27.2 Å². The van der Waals surface area contributed by atoms with Gasteiger partial charge < -0.3 is 10.0 Å². The van der Waals surface area contributed by atoms with Crippen LogP contribution in [-0.2, 0) is 4.79 Å².